The van der Waals surface area contributed by atoms with Crippen molar-refractivity contribution in [2.75, 3.05) is 6.61 Å². The van der Waals surface area contributed by atoms with E-state index in [4.69, 9.17) is 21.1 Å². The average Bonchev–Trinajstić information content (AvgIpc) is 2.60. The fraction of sp³-hybridized carbons (Fsp3) is 0.158. The van der Waals surface area contributed by atoms with Crippen molar-refractivity contribution in [3.05, 3.63) is 68.3 Å². The fourth-order valence-electron chi connectivity index (χ4n) is 1.83. The third-order valence-corrected chi connectivity index (χ3v) is 4.20. The Morgan fingerprint density at radius 3 is 2.48 bits per heavy atom. The summed E-state index contributed by atoms with van der Waals surface area (Å²) in [7, 11) is 0. The summed E-state index contributed by atoms with van der Waals surface area (Å²) in [6.45, 7) is 1.84. The van der Waals surface area contributed by atoms with Crippen molar-refractivity contribution in [1.82, 2.24) is 0 Å². The summed E-state index contributed by atoms with van der Waals surface area (Å²) in [5, 5.41) is 0.581. The highest BCUT2D eigenvalue weighted by Crippen LogP contribution is 2.14. The number of benzene rings is 2. The zero-order chi connectivity index (χ0) is 18.2. The van der Waals surface area contributed by atoms with Gasteiger partial charge in [-0.2, -0.15) is 0 Å². The van der Waals surface area contributed by atoms with Gasteiger partial charge in [-0.1, -0.05) is 29.7 Å². The van der Waals surface area contributed by atoms with E-state index in [-0.39, 0.29) is 6.61 Å². The van der Waals surface area contributed by atoms with E-state index in [1.807, 2.05) is 28.7 Å². The molecular formula is C19H14ClIO4. The van der Waals surface area contributed by atoms with Crippen LogP contribution in [0.4, 0.5) is 0 Å². The molecule has 4 nitrogen and oxygen atoms in total. The van der Waals surface area contributed by atoms with E-state index in [1.54, 1.807) is 49.4 Å². The van der Waals surface area contributed by atoms with Gasteiger partial charge < -0.3 is 9.47 Å². The fourth-order valence-corrected chi connectivity index (χ4v) is 2.57. The lowest BCUT2D eigenvalue weighted by atomic mass is 10.2. The Labute approximate surface area is 164 Å². The van der Waals surface area contributed by atoms with Gasteiger partial charge in [0.25, 0.3) is 6.10 Å². The molecule has 25 heavy (non-hydrogen) atoms. The van der Waals surface area contributed by atoms with Crippen LogP contribution < -0.4 is 0 Å². The largest absolute Gasteiger partial charge is 0.462 e. The van der Waals surface area contributed by atoms with Gasteiger partial charge in [0, 0.05) is 14.2 Å². The normalized spacial score (nSPS) is 11.0. The van der Waals surface area contributed by atoms with Gasteiger partial charge in [-0.3, -0.25) is 0 Å². The van der Waals surface area contributed by atoms with Gasteiger partial charge >= 0.3 is 11.9 Å². The molecule has 0 N–H and O–H groups in total. The summed E-state index contributed by atoms with van der Waals surface area (Å²) in [4.78, 5) is 24.4. The van der Waals surface area contributed by atoms with Crippen molar-refractivity contribution in [2.24, 2.45) is 0 Å². The van der Waals surface area contributed by atoms with Crippen molar-refractivity contribution in [2.45, 2.75) is 13.0 Å². The van der Waals surface area contributed by atoms with Crippen molar-refractivity contribution < 1.29 is 19.1 Å². The van der Waals surface area contributed by atoms with Gasteiger partial charge in [0.15, 0.2) is 0 Å². The van der Waals surface area contributed by atoms with Gasteiger partial charge in [0.2, 0.25) is 0 Å². The molecule has 0 radical (unpaired) electrons. The number of carbonyl (C=O) groups is 2. The molecule has 128 valence electrons. The van der Waals surface area contributed by atoms with Crippen LogP contribution in [0.15, 0.2) is 48.5 Å². The first kappa shape index (κ1) is 19.3. The first-order chi connectivity index (χ1) is 12.0. The lowest BCUT2D eigenvalue weighted by Gasteiger charge is -2.12. The topological polar surface area (TPSA) is 52.6 Å². The smallest absolute Gasteiger partial charge is 0.360 e. The molecule has 6 heteroatoms. The number of rotatable bonds is 4. The van der Waals surface area contributed by atoms with Crippen molar-refractivity contribution >= 4 is 46.1 Å². The molecule has 0 aliphatic heterocycles. The molecule has 0 aromatic heterocycles. The van der Waals surface area contributed by atoms with Crippen molar-refractivity contribution in [1.29, 1.82) is 0 Å². The highest BCUT2D eigenvalue weighted by Gasteiger charge is 2.23. The minimum absolute atomic E-state index is 0.165. The monoisotopic (exact) mass is 468 g/mol. The van der Waals surface area contributed by atoms with E-state index in [2.05, 4.69) is 11.8 Å². The summed E-state index contributed by atoms with van der Waals surface area (Å²) in [5.74, 6) is 4.10. The van der Waals surface area contributed by atoms with Gasteiger partial charge in [-0.25, -0.2) is 9.59 Å². The maximum atomic E-state index is 12.3. The molecule has 0 amide bonds. The lowest BCUT2D eigenvalue weighted by molar-refractivity contribution is -0.150. The number of esters is 2. The Hall–Kier alpha value is -2.04. The van der Waals surface area contributed by atoms with E-state index in [0.29, 0.717) is 16.1 Å². The molecule has 1 unspecified atom stereocenters. The van der Waals surface area contributed by atoms with Crippen LogP contribution in [0, 0.1) is 15.4 Å². The van der Waals surface area contributed by atoms with Crippen molar-refractivity contribution in [3.63, 3.8) is 0 Å². The molecule has 0 aliphatic carbocycles. The van der Waals surface area contributed by atoms with Crippen molar-refractivity contribution in [3.8, 4) is 11.8 Å². The highest BCUT2D eigenvalue weighted by atomic mass is 127. The van der Waals surface area contributed by atoms with E-state index >= 15 is 0 Å². The number of ether oxygens (including phenoxy) is 2. The molecular weight excluding hydrogens is 455 g/mol. The second-order valence-corrected chi connectivity index (χ2v) is 6.39. The van der Waals surface area contributed by atoms with Crippen LogP contribution in [-0.2, 0) is 14.3 Å². The Kier molecular flexibility index (Phi) is 7.29. The second kappa shape index (κ2) is 9.44. The van der Waals surface area contributed by atoms with Gasteiger partial charge in [0.1, 0.15) is 0 Å². The minimum Gasteiger partial charge on any atom is -0.462 e. The molecule has 0 saturated carbocycles. The predicted octanol–water partition coefficient (Wildman–Crippen LogP) is 4.08. The van der Waals surface area contributed by atoms with Crippen LogP contribution in [0.5, 0.6) is 0 Å². The van der Waals surface area contributed by atoms with E-state index in [9.17, 15) is 9.59 Å². The summed E-state index contributed by atoms with van der Waals surface area (Å²) in [6, 6.07) is 13.7. The molecule has 0 saturated heterocycles. The van der Waals surface area contributed by atoms with Crippen LogP contribution in [0.3, 0.4) is 0 Å². The highest BCUT2D eigenvalue weighted by molar-refractivity contribution is 14.1. The van der Waals surface area contributed by atoms with E-state index in [1.165, 1.54) is 0 Å². The first-order valence-corrected chi connectivity index (χ1v) is 8.86. The molecule has 0 fully saturated rings. The van der Waals surface area contributed by atoms with Gasteiger partial charge in [-0.05, 0) is 71.8 Å². The number of hydrogen-bond acceptors (Lipinski definition) is 4. The van der Waals surface area contributed by atoms with E-state index in [0.717, 1.165) is 3.57 Å². The number of hydrogen-bond donors (Lipinski definition) is 0. The predicted molar refractivity (Wildman–Crippen MR) is 103 cm³/mol. The lowest BCUT2D eigenvalue weighted by Crippen LogP contribution is -2.28. The maximum absolute atomic E-state index is 12.3. The third kappa shape index (κ3) is 5.76. The van der Waals surface area contributed by atoms with E-state index < -0.39 is 18.0 Å². The average molecular weight is 469 g/mol. The minimum atomic E-state index is -1.31. The number of carbonyl (C=O) groups excluding carboxylic acids is 2. The van der Waals surface area contributed by atoms with Crippen LogP contribution in [-0.4, -0.2) is 24.6 Å². The molecule has 1 atom stereocenters. The van der Waals surface area contributed by atoms with Crippen LogP contribution in [0.1, 0.15) is 22.8 Å². The van der Waals surface area contributed by atoms with Crippen LogP contribution in [0.2, 0.25) is 5.02 Å². The second-order valence-electron chi connectivity index (χ2n) is 4.79. The Morgan fingerprint density at radius 2 is 1.84 bits per heavy atom. The molecule has 2 rings (SSSR count). The third-order valence-electron chi connectivity index (χ3n) is 3.01. The van der Waals surface area contributed by atoms with Gasteiger partial charge in [0.05, 0.1) is 12.2 Å². The maximum Gasteiger partial charge on any atom is 0.360 e. The molecule has 0 bridgehead atoms. The summed E-state index contributed by atoms with van der Waals surface area (Å²) in [5.41, 5.74) is 1.01. The number of halogens is 2. The van der Waals surface area contributed by atoms with Crippen LogP contribution >= 0.6 is 34.2 Å². The Bertz CT molecular complexity index is 821. The summed E-state index contributed by atoms with van der Waals surface area (Å²) >= 11 is 7.85. The first-order valence-electron chi connectivity index (χ1n) is 7.40. The summed E-state index contributed by atoms with van der Waals surface area (Å²) in [6.07, 6.45) is -1.31. The zero-order valence-corrected chi connectivity index (χ0v) is 16.2. The summed E-state index contributed by atoms with van der Waals surface area (Å²) < 4.78 is 10.9. The molecule has 2 aromatic carbocycles. The Balaban J connectivity index is 2.22. The molecule has 0 aliphatic rings. The van der Waals surface area contributed by atoms with Crippen LogP contribution in [0.25, 0.3) is 0 Å². The molecule has 0 heterocycles. The standard InChI is InChI=1S/C19H14ClIO4/c1-2-24-19(23)17(12-9-13-7-10-14(20)11-8-13)25-18(22)15-5-3-4-6-16(15)21/h3-8,10-11,17H,2H2,1H3. The van der Waals surface area contributed by atoms with Gasteiger partial charge in [-0.15, -0.1) is 0 Å². The zero-order valence-electron chi connectivity index (χ0n) is 13.3. The SMILES string of the molecule is CCOC(=O)C(C#Cc1ccc(Cl)cc1)OC(=O)c1ccccc1I. The molecule has 2 aromatic rings. The molecule has 0 spiro atoms. The quantitative estimate of drug-likeness (QED) is 0.385. The Morgan fingerprint density at radius 1 is 1.16 bits per heavy atom.